The molecule has 3 rings (SSSR count). The largest absolute Gasteiger partial charge is 0.265 e. The summed E-state index contributed by atoms with van der Waals surface area (Å²) in [5.74, 6) is 0.370. The monoisotopic (exact) mass is 341 g/mol. The fourth-order valence-electron chi connectivity index (χ4n) is 3.13. The van der Waals surface area contributed by atoms with E-state index in [9.17, 15) is 8.42 Å². The van der Waals surface area contributed by atoms with Gasteiger partial charge in [0.15, 0.2) is 0 Å². The molecule has 0 bridgehead atoms. The molecule has 6 heteroatoms. The molecule has 1 fully saturated rings. The molecule has 2 heterocycles. The summed E-state index contributed by atoms with van der Waals surface area (Å²) in [4.78, 5) is 4.30. The summed E-state index contributed by atoms with van der Waals surface area (Å²) >= 11 is 0. The number of rotatable bonds is 3. The predicted molar refractivity (Wildman–Crippen MR) is 90.7 cm³/mol. The van der Waals surface area contributed by atoms with E-state index in [0.717, 1.165) is 19.3 Å². The molecule has 124 valence electrons. The Hall–Kier alpha value is -2.23. The molecule has 0 amide bonds. The Balaban J connectivity index is 1.76. The standard InChI is InChI=1S/C18H19N3O2S/c19-14-15-3-5-18(6-4-15)24(22,23)21-12-1-2-16(9-13-21)17-7-10-20-11-8-17/h3-8,10-11,16H,1-2,9,12-13H2. The number of nitriles is 1. The summed E-state index contributed by atoms with van der Waals surface area (Å²) in [7, 11) is -3.50. The zero-order chi connectivity index (χ0) is 17.0. The summed E-state index contributed by atoms with van der Waals surface area (Å²) in [6, 6.07) is 12.1. The second-order valence-corrected chi connectivity index (χ2v) is 7.89. The van der Waals surface area contributed by atoms with E-state index in [1.165, 1.54) is 17.7 Å². The molecule has 0 saturated carbocycles. The van der Waals surface area contributed by atoms with Crippen LogP contribution in [0.3, 0.4) is 0 Å². The maximum absolute atomic E-state index is 12.8. The Labute approximate surface area is 142 Å². The minimum absolute atomic E-state index is 0.254. The van der Waals surface area contributed by atoms with Crippen LogP contribution in [0.25, 0.3) is 0 Å². The van der Waals surface area contributed by atoms with Crippen LogP contribution < -0.4 is 0 Å². The minimum atomic E-state index is -3.50. The van der Waals surface area contributed by atoms with Gasteiger partial charge in [0.2, 0.25) is 10.0 Å². The lowest BCUT2D eigenvalue weighted by molar-refractivity contribution is 0.421. The summed E-state index contributed by atoms with van der Waals surface area (Å²) in [6.45, 7) is 1.04. The lowest BCUT2D eigenvalue weighted by Crippen LogP contribution is -2.32. The van der Waals surface area contributed by atoms with E-state index in [1.807, 2.05) is 18.2 Å². The lowest BCUT2D eigenvalue weighted by atomic mass is 9.93. The number of aromatic nitrogens is 1. The molecule has 2 aromatic rings. The van der Waals surface area contributed by atoms with Crippen LogP contribution in [0.4, 0.5) is 0 Å². The first-order chi connectivity index (χ1) is 11.6. The van der Waals surface area contributed by atoms with Gasteiger partial charge >= 0.3 is 0 Å². The molecule has 0 spiro atoms. The highest BCUT2D eigenvalue weighted by molar-refractivity contribution is 7.89. The average Bonchev–Trinajstić information content (AvgIpc) is 2.89. The number of hydrogen-bond acceptors (Lipinski definition) is 4. The van der Waals surface area contributed by atoms with E-state index >= 15 is 0 Å². The Morgan fingerprint density at radius 3 is 2.42 bits per heavy atom. The summed E-state index contributed by atoms with van der Waals surface area (Å²) in [5.41, 5.74) is 1.69. The number of pyridine rings is 1. The predicted octanol–water partition coefficient (Wildman–Crippen LogP) is 2.91. The third kappa shape index (κ3) is 3.48. The number of nitrogens with zero attached hydrogens (tertiary/aromatic N) is 3. The van der Waals surface area contributed by atoms with Crippen molar-refractivity contribution < 1.29 is 8.42 Å². The van der Waals surface area contributed by atoms with Crippen molar-refractivity contribution in [3.63, 3.8) is 0 Å². The van der Waals surface area contributed by atoms with E-state index in [2.05, 4.69) is 4.98 Å². The van der Waals surface area contributed by atoms with E-state index < -0.39 is 10.0 Å². The van der Waals surface area contributed by atoms with Gasteiger partial charge in [-0.25, -0.2) is 8.42 Å². The van der Waals surface area contributed by atoms with Gasteiger partial charge in [-0.15, -0.1) is 0 Å². The SMILES string of the molecule is N#Cc1ccc(S(=O)(=O)N2CCCC(c3ccncc3)CC2)cc1. The van der Waals surface area contributed by atoms with Crippen molar-refractivity contribution in [1.29, 1.82) is 5.26 Å². The van der Waals surface area contributed by atoms with Crippen LogP contribution >= 0.6 is 0 Å². The third-order valence-corrected chi connectivity index (χ3v) is 6.40. The van der Waals surface area contributed by atoms with Crippen LogP contribution in [0.2, 0.25) is 0 Å². The molecule has 0 radical (unpaired) electrons. The second-order valence-electron chi connectivity index (χ2n) is 5.95. The molecule has 1 unspecified atom stereocenters. The first-order valence-electron chi connectivity index (χ1n) is 8.01. The quantitative estimate of drug-likeness (QED) is 0.860. The van der Waals surface area contributed by atoms with Crippen LogP contribution in [-0.2, 0) is 10.0 Å². The third-order valence-electron chi connectivity index (χ3n) is 4.49. The number of sulfonamides is 1. The molecule has 1 aliphatic rings. The zero-order valence-electron chi connectivity index (χ0n) is 13.3. The minimum Gasteiger partial charge on any atom is -0.265 e. The molecule has 5 nitrogen and oxygen atoms in total. The van der Waals surface area contributed by atoms with Crippen molar-refractivity contribution in [3.05, 3.63) is 59.9 Å². The number of benzene rings is 1. The van der Waals surface area contributed by atoms with Crippen LogP contribution in [0.5, 0.6) is 0 Å². The van der Waals surface area contributed by atoms with Crippen molar-refractivity contribution in [2.75, 3.05) is 13.1 Å². The first-order valence-corrected chi connectivity index (χ1v) is 9.45. The number of hydrogen-bond donors (Lipinski definition) is 0. The fourth-order valence-corrected chi connectivity index (χ4v) is 4.62. The average molecular weight is 341 g/mol. The highest BCUT2D eigenvalue weighted by atomic mass is 32.2. The van der Waals surface area contributed by atoms with Gasteiger partial charge in [-0.3, -0.25) is 4.98 Å². The highest BCUT2D eigenvalue weighted by Crippen LogP contribution is 2.29. The lowest BCUT2D eigenvalue weighted by Gasteiger charge is -2.20. The van der Waals surface area contributed by atoms with Gasteiger partial charge < -0.3 is 0 Å². The van der Waals surface area contributed by atoms with Crippen molar-refractivity contribution >= 4 is 10.0 Å². The molecule has 24 heavy (non-hydrogen) atoms. The molecular formula is C18H19N3O2S. The van der Waals surface area contributed by atoms with Gasteiger partial charge in [0.05, 0.1) is 16.5 Å². The molecule has 1 atom stereocenters. The summed E-state index contributed by atoms with van der Waals surface area (Å²) < 4.78 is 27.2. The Morgan fingerprint density at radius 1 is 1.04 bits per heavy atom. The van der Waals surface area contributed by atoms with Crippen molar-refractivity contribution in [2.24, 2.45) is 0 Å². The van der Waals surface area contributed by atoms with E-state index in [4.69, 9.17) is 5.26 Å². The molecule has 1 saturated heterocycles. The molecule has 1 aliphatic heterocycles. The molecule has 0 N–H and O–H groups in total. The fraction of sp³-hybridized carbons (Fsp3) is 0.333. The molecule has 0 aliphatic carbocycles. The smallest absolute Gasteiger partial charge is 0.243 e. The van der Waals surface area contributed by atoms with E-state index in [0.29, 0.717) is 24.6 Å². The second kappa shape index (κ2) is 7.12. The van der Waals surface area contributed by atoms with Crippen LogP contribution in [0.1, 0.15) is 36.3 Å². The Bertz CT molecular complexity index is 827. The van der Waals surface area contributed by atoms with Gasteiger partial charge in [0.1, 0.15) is 0 Å². The molecule has 1 aromatic heterocycles. The summed E-state index contributed by atoms with van der Waals surface area (Å²) in [6.07, 6.45) is 6.18. The van der Waals surface area contributed by atoms with Crippen LogP contribution in [-0.4, -0.2) is 30.8 Å². The van der Waals surface area contributed by atoms with Gasteiger partial charge in [-0.05, 0) is 67.1 Å². The molecule has 1 aromatic carbocycles. The highest BCUT2D eigenvalue weighted by Gasteiger charge is 2.28. The van der Waals surface area contributed by atoms with Gasteiger partial charge in [0.25, 0.3) is 0 Å². The normalized spacial score (nSPS) is 19.4. The van der Waals surface area contributed by atoms with Crippen molar-refractivity contribution in [3.8, 4) is 6.07 Å². The van der Waals surface area contributed by atoms with E-state index in [1.54, 1.807) is 28.8 Å². The topological polar surface area (TPSA) is 74.1 Å². The van der Waals surface area contributed by atoms with Crippen molar-refractivity contribution in [1.82, 2.24) is 9.29 Å². The van der Waals surface area contributed by atoms with Gasteiger partial charge in [0, 0.05) is 25.5 Å². The summed E-state index contributed by atoms with van der Waals surface area (Å²) in [5, 5.41) is 8.84. The Kier molecular flexibility index (Phi) is 4.93. The Morgan fingerprint density at radius 2 is 1.75 bits per heavy atom. The van der Waals surface area contributed by atoms with E-state index in [-0.39, 0.29) is 4.90 Å². The van der Waals surface area contributed by atoms with Crippen molar-refractivity contribution in [2.45, 2.75) is 30.1 Å². The van der Waals surface area contributed by atoms with Crippen LogP contribution in [0.15, 0.2) is 53.7 Å². The molecular weight excluding hydrogens is 322 g/mol. The first kappa shape index (κ1) is 16.6. The van der Waals surface area contributed by atoms with Gasteiger partial charge in [-0.2, -0.15) is 9.57 Å². The maximum atomic E-state index is 12.8. The van der Waals surface area contributed by atoms with Gasteiger partial charge in [-0.1, -0.05) is 0 Å². The maximum Gasteiger partial charge on any atom is 0.243 e. The van der Waals surface area contributed by atoms with Crippen LogP contribution in [0, 0.1) is 11.3 Å². The zero-order valence-corrected chi connectivity index (χ0v) is 14.1.